The summed E-state index contributed by atoms with van der Waals surface area (Å²) in [6, 6.07) is 11.5. The van der Waals surface area contributed by atoms with Gasteiger partial charge >= 0.3 is 17.6 Å². The Morgan fingerprint density at radius 3 is 2.50 bits per heavy atom. The first kappa shape index (κ1) is 38.5. The molecule has 1 aliphatic heterocycles. The number of halogens is 3. The summed E-state index contributed by atoms with van der Waals surface area (Å²) in [6.45, 7) is 4.97. The van der Waals surface area contributed by atoms with Gasteiger partial charge in [0.2, 0.25) is 5.75 Å². The number of benzene rings is 3. The van der Waals surface area contributed by atoms with Gasteiger partial charge in [0.15, 0.2) is 22.9 Å². The van der Waals surface area contributed by atoms with Crippen LogP contribution in [0.3, 0.4) is 0 Å². The molecule has 5 rings (SSSR count). The van der Waals surface area contributed by atoms with Crippen molar-refractivity contribution in [1.29, 1.82) is 0 Å². The van der Waals surface area contributed by atoms with Crippen molar-refractivity contribution in [3.05, 3.63) is 121 Å². The lowest BCUT2D eigenvalue weighted by Gasteiger charge is -2.25. The minimum Gasteiger partial charge on any atom is -0.490 e. The number of allylic oxidation sites excluding steroid dienone is 1. The Bertz CT molecular complexity index is 2290. The highest BCUT2D eigenvalue weighted by atomic mass is 79.9. The van der Waals surface area contributed by atoms with E-state index in [1.807, 2.05) is 0 Å². The number of nitro benzene ring substituents is 1. The quantitative estimate of drug-likeness (QED) is 0.0850. The van der Waals surface area contributed by atoms with Gasteiger partial charge in [0.25, 0.3) is 5.56 Å². The standard InChI is InChI=1S/C35H30BrCl2N3O10S/c1-5-48-27-14-20(8-10-26(27)50-17-29(42)47-4)31-30(34(44)49-6-2)18(3)39-35-40(31)33(43)28(52-35)13-19-11-23(36)32(25(12-19)41(45)46)51-16-21-7-9-22(37)15-24(21)38/h7-15,31H,5-6,16-17H2,1-4H3/b28-13+/t31-/m0/s1. The molecule has 0 bridgehead atoms. The van der Waals surface area contributed by atoms with E-state index in [9.17, 15) is 24.5 Å². The largest absolute Gasteiger partial charge is 0.490 e. The lowest BCUT2D eigenvalue weighted by atomic mass is 9.95. The second-order valence-corrected chi connectivity index (χ2v) is 13.6. The normalized spacial score (nSPS) is 14.0. The maximum Gasteiger partial charge on any atom is 0.343 e. The highest BCUT2D eigenvalue weighted by Gasteiger charge is 2.34. The highest BCUT2D eigenvalue weighted by molar-refractivity contribution is 9.10. The summed E-state index contributed by atoms with van der Waals surface area (Å²) in [7, 11) is 1.24. The Morgan fingerprint density at radius 2 is 1.83 bits per heavy atom. The van der Waals surface area contributed by atoms with Crippen LogP contribution in [0, 0.1) is 10.1 Å². The summed E-state index contributed by atoms with van der Waals surface area (Å²) in [5, 5.41) is 13.0. The van der Waals surface area contributed by atoms with Crippen molar-refractivity contribution >= 4 is 74.2 Å². The molecule has 52 heavy (non-hydrogen) atoms. The number of thiazole rings is 1. The van der Waals surface area contributed by atoms with E-state index >= 15 is 0 Å². The molecule has 0 saturated heterocycles. The molecule has 0 unspecified atom stereocenters. The van der Waals surface area contributed by atoms with Crippen LogP contribution in [0.25, 0.3) is 6.08 Å². The second kappa shape index (κ2) is 16.8. The van der Waals surface area contributed by atoms with Gasteiger partial charge in [-0.15, -0.1) is 0 Å². The van der Waals surface area contributed by atoms with Crippen LogP contribution in [0.15, 0.2) is 74.1 Å². The van der Waals surface area contributed by atoms with Gasteiger partial charge < -0.3 is 23.7 Å². The number of carbonyl (C=O) groups is 2. The molecule has 1 aromatic heterocycles. The summed E-state index contributed by atoms with van der Waals surface area (Å²) in [5.74, 6) is -0.779. The zero-order valence-electron chi connectivity index (χ0n) is 28.1. The SMILES string of the molecule is CCOC(=O)C1=C(C)N=c2s/c(=C/c3cc(Br)c(OCc4ccc(Cl)cc4Cl)c([N+](=O)[O-])c3)c(=O)n2[C@H]1c1ccc(OCC(=O)OC)c(OCC)c1. The Balaban J connectivity index is 1.60. The summed E-state index contributed by atoms with van der Waals surface area (Å²) < 4.78 is 29.1. The van der Waals surface area contributed by atoms with E-state index in [4.69, 9.17) is 42.1 Å². The molecule has 0 aliphatic carbocycles. The van der Waals surface area contributed by atoms with Crippen LogP contribution in [0.4, 0.5) is 5.69 Å². The van der Waals surface area contributed by atoms with Gasteiger partial charge in [-0.25, -0.2) is 14.6 Å². The van der Waals surface area contributed by atoms with Crippen molar-refractivity contribution in [2.24, 2.45) is 4.99 Å². The van der Waals surface area contributed by atoms with Gasteiger partial charge in [-0.05, 0) is 84.2 Å². The number of rotatable bonds is 13. The molecule has 0 N–H and O–H groups in total. The number of ether oxygens (including phenoxy) is 5. The molecule has 13 nitrogen and oxygen atoms in total. The average Bonchev–Trinajstić information content (AvgIpc) is 3.40. The molecule has 3 aromatic carbocycles. The molecule has 272 valence electrons. The molecule has 0 saturated carbocycles. The summed E-state index contributed by atoms with van der Waals surface area (Å²) in [6.07, 6.45) is 1.50. The van der Waals surface area contributed by atoms with E-state index in [0.29, 0.717) is 32.4 Å². The molecule has 4 aromatic rings. The second-order valence-electron chi connectivity index (χ2n) is 10.9. The maximum absolute atomic E-state index is 14.2. The van der Waals surface area contributed by atoms with Crippen molar-refractivity contribution in [1.82, 2.24) is 4.57 Å². The van der Waals surface area contributed by atoms with Crippen molar-refractivity contribution in [2.75, 3.05) is 26.9 Å². The average molecular weight is 836 g/mol. The molecule has 0 amide bonds. The molecular weight excluding hydrogens is 805 g/mol. The number of hydrogen-bond acceptors (Lipinski definition) is 12. The van der Waals surface area contributed by atoms with Crippen molar-refractivity contribution in [3.8, 4) is 17.2 Å². The van der Waals surface area contributed by atoms with Gasteiger partial charge in [0, 0.05) is 21.7 Å². The Kier molecular flexibility index (Phi) is 12.4. The van der Waals surface area contributed by atoms with Crippen LogP contribution in [0.2, 0.25) is 10.0 Å². The molecule has 1 aliphatic rings. The van der Waals surface area contributed by atoms with E-state index < -0.39 is 28.5 Å². The van der Waals surface area contributed by atoms with E-state index in [0.717, 1.165) is 11.3 Å². The summed E-state index contributed by atoms with van der Waals surface area (Å²) in [4.78, 5) is 55.8. The van der Waals surface area contributed by atoms with Gasteiger partial charge in [-0.1, -0.05) is 46.7 Å². The van der Waals surface area contributed by atoms with Crippen LogP contribution in [0.5, 0.6) is 17.2 Å². The first-order valence-corrected chi connectivity index (χ1v) is 17.9. The predicted octanol–water partition coefficient (Wildman–Crippen LogP) is 6.31. The lowest BCUT2D eigenvalue weighted by molar-refractivity contribution is -0.386. The van der Waals surface area contributed by atoms with Gasteiger partial charge in [0.05, 0.1) is 51.6 Å². The highest BCUT2D eigenvalue weighted by Crippen LogP contribution is 2.39. The van der Waals surface area contributed by atoms with Gasteiger partial charge in [-0.3, -0.25) is 19.5 Å². The maximum atomic E-state index is 14.2. The summed E-state index contributed by atoms with van der Waals surface area (Å²) in [5.41, 5.74) is 0.969. The zero-order valence-corrected chi connectivity index (χ0v) is 32.0. The third-order valence-electron chi connectivity index (χ3n) is 7.60. The number of hydrogen-bond donors (Lipinski definition) is 0. The smallest absolute Gasteiger partial charge is 0.343 e. The van der Waals surface area contributed by atoms with Crippen LogP contribution in [-0.4, -0.2) is 48.4 Å². The van der Waals surface area contributed by atoms with E-state index in [1.165, 1.54) is 23.8 Å². The molecule has 2 heterocycles. The fraction of sp³-hybridized carbons (Fsp3) is 0.257. The van der Waals surface area contributed by atoms with Crippen LogP contribution < -0.4 is 29.1 Å². The van der Waals surface area contributed by atoms with Crippen LogP contribution in [0.1, 0.15) is 43.5 Å². The first-order chi connectivity index (χ1) is 24.9. The monoisotopic (exact) mass is 833 g/mol. The van der Waals surface area contributed by atoms with E-state index in [1.54, 1.807) is 63.2 Å². The molecule has 0 radical (unpaired) electrons. The number of esters is 2. The third-order valence-corrected chi connectivity index (χ3v) is 9.76. The van der Waals surface area contributed by atoms with E-state index in [-0.39, 0.29) is 68.7 Å². The number of carbonyl (C=O) groups excluding carboxylic acids is 2. The molecule has 1 atom stereocenters. The molecule has 0 spiro atoms. The lowest BCUT2D eigenvalue weighted by Crippen LogP contribution is -2.40. The Hall–Kier alpha value is -4.70. The van der Waals surface area contributed by atoms with Crippen LogP contribution in [-0.2, 0) is 25.7 Å². The number of aromatic nitrogens is 1. The predicted molar refractivity (Wildman–Crippen MR) is 197 cm³/mol. The van der Waals surface area contributed by atoms with Crippen molar-refractivity contribution in [3.63, 3.8) is 0 Å². The number of fused-ring (bicyclic) bond motifs is 1. The zero-order chi connectivity index (χ0) is 37.7. The van der Waals surface area contributed by atoms with E-state index in [2.05, 4.69) is 25.7 Å². The van der Waals surface area contributed by atoms with Crippen LogP contribution >= 0.6 is 50.5 Å². The van der Waals surface area contributed by atoms with Crippen molar-refractivity contribution < 1.29 is 38.2 Å². The fourth-order valence-corrected chi connectivity index (χ4v) is 7.38. The third kappa shape index (κ3) is 8.33. The number of nitrogens with zero attached hydrogens (tertiary/aromatic N) is 3. The Morgan fingerprint density at radius 1 is 1.06 bits per heavy atom. The minimum absolute atomic E-state index is 0.0338. The molecule has 0 fully saturated rings. The molecular formula is C35H30BrCl2N3O10S. The van der Waals surface area contributed by atoms with Gasteiger partial charge in [-0.2, -0.15) is 0 Å². The molecule has 17 heteroatoms. The van der Waals surface area contributed by atoms with Gasteiger partial charge in [0.1, 0.15) is 6.61 Å². The van der Waals surface area contributed by atoms with Crippen molar-refractivity contribution in [2.45, 2.75) is 33.4 Å². The minimum atomic E-state index is -0.997. The first-order valence-electron chi connectivity index (χ1n) is 15.6. The number of methoxy groups -OCH3 is 1. The fourth-order valence-electron chi connectivity index (χ4n) is 5.29. The topological polar surface area (TPSA) is 158 Å². The summed E-state index contributed by atoms with van der Waals surface area (Å²) >= 11 is 16.7. The Labute approximate surface area is 318 Å². The number of nitro groups is 1.